The monoisotopic (exact) mass is 371 g/mol. The van der Waals surface area contributed by atoms with E-state index in [1.54, 1.807) is 13.8 Å². The molecule has 2 aromatic heterocycles. The van der Waals surface area contributed by atoms with Crippen molar-refractivity contribution in [3.8, 4) is 0 Å². The van der Waals surface area contributed by atoms with Gasteiger partial charge in [0.1, 0.15) is 23.5 Å². The number of aromatic amines is 1. The van der Waals surface area contributed by atoms with Crippen molar-refractivity contribution in [2.75, 3.05) is 11.9 Å². The number of amides is 1. The summed E-state index contributed by atoms with van der Waals surface area (Å²) in [7, 11) is 0. The summed E-state index contributed by atoms with van der Waals surface area (Å²) in [6, 6.07) is 0.278. The van der Waals surface area contributed by atoms with Gasteiger partial charge in [0.2, 0.25) is 5.91 Å². The number of anilines is 1. The molecule has 0 spiro atoms. The molecule has 2 fully saturated rings. The van der Waals surface area contributed by atoms with Crippen LogP contribution in [-0.2, 0) is 4.79 Å². The number of piperidine rings is 1. The van der Waals surface area contributed by atoms with E-state index in [0.29, 0.717) is 30.0 Å². The number of alkyl halides is 1. The Balaban J connectivity index is 1.59. The van der Waals surface area contributed by atoms with Crippen molar-refractivity contribution in [3.63, 3.8) is 0 Å². The topological polar surface area (TPSA) is 73.9 Å². The fraction of sp³-hybridized carbons (Fsp3) is 0.550. The van der Waals surface area contributed by atoms with Gasteiger partial charge >= 0.3 is 0 Å². The van der Waals surface area contributed by atoms with E-state index >= 15 is 0 Å². The molecule has 0 bridgehead atoms. The van der Waals surface area contributed by atoms with Gasteiger partial charge in [-0.15, -0.1) is 0 Å². The van der Waals surface area contributed by atoms with Gasteiger partial charge in [0.15, 0.2) is 0 Å². The quantitative estimate of drug-likeness (QED) is 0.806. The van der Waals surface area contributed by atoms with Crippen LogP contribution in [0.25, 0.3) is 11.0 Å². The van der Waals surface area contributed by atoms with Gasteiger partial charge in [-0.3, -0.25) is 4.79 Å². The summed E-state index contributed by atoms with van der Waals surface area (Å²) in [6.45, 7) is 9.84. The predicted octanol–water partition coefficient (Wildman–Crippen LogP) is 3.54. The highest BCUT2D eigenvalue weighted by Crippen LogP contribution is 2.56. The minimum atomic E-state index is -1.16. The lowest BCUT2D eigenvalue weighted by atomic mass is 9.98. The van der Waals surface area contributed by atoms with Crippen LogP contribution in [0.3, 0.4) is 0 Å². The molecule has 2 unspecified atom stereocenters. The van der Waals surface area contributed by atoms with Crippen molar-refractivity contribution in [1.82, 2.24) is 19.9 Å². The first-order valence-corrected chi connectivity index (χ1v) is 9.52. The van der Waals surface area contributed by atoms with Crippen molar-refractivity contribution in [3.05, 3.63) is 30.2 Å². The molecule has 2 N–H and O–H groups in total. The Kier molecular flexibility index (Phi) is 4.20. The van der Waals surface area contributed by atoms with Crippen molar-refractivity contribution in [2.45, 2.75) is 63.7 Å². The number of fused-ring (bicyclic) bond motifs is 1. The average molecular weight is 371 g/mol. The number of carbonyl (C=O) groups excluding carboxylic acids is 1. The molecule has 3 heterocycles. The number of aromatic nitrogens is 3. The maximum Gasteiger partial charge on any atom is 0.249 e. The van der Waals surface area contributed by atoms with Crippen molar-refractivity contribution >= 4 is 22.8 Å². The van der Waals surface area contributed by atoms with Crippen molar-refractivity contribution in [2.24, 2.45) is 0 Å². The second kappa shape index (κ2) is 6.32. The molecule has 0 radical (unpaired) electrons. The van der Waals surface area contributed by atoms with E-state index in [1.165, 1.54) is 6.33 Å². The van der Waals surface area contributed by atoms with Gasteiger partial charge < -0.3 is 15.2 Å². The zero-order valence-corrected chi connectivity index (χ0v) is 16.1. The highest BCUT2D eigenvalue weighted by molar-refractivity contribution is 5.93. The highest BCUT2D eigenvalue weighted by Gasteiger charge is 2.53. The molecule has 27 heavy (non-hydrogen) atoms. The van der Waals surface area contributed by atoms with Gasteiger partial charge in [0, 0.05) is 36.3 Å². The molecule has 1 saturated heterocycles. The number of likely N-dealkylation sites (tertiary alicyclic amines) is 1. The molecule has 1 amide bonds. The van der Waals surface area contributed by atoms with Crippen molar-refractivity contribution < 1.29 is 9.18 Å². The molecule has 0 aromatic carbocycles. The number of hydrogen-bond acceptors (Lipinski definition) is 4. The molecule has 7 heteroatoms. The molecule has 1 aliphatic carbocycles. The standard InChI is InChI=1S/C20H26FN5O/c1-11(2)19(27)26-9-13(6-5-12(26)3)25-18-16-14(15-7-20(15,4)21)8-22-17(16)23-10-24-18/h8,10,12-13,15H,1,5-7,9H2,2-4H3,(H2,22,23,24,25)/t12-,13?,15-,20?/m0/s1. The van der Waals surface area contributed by atoms with Crippen LogP contribution in [0.15, 0.2) is 24.7 Å². The van der Waals surface area contributed by atoms with Gasteiger partial charge in [0.05, 0.1) is 5.39 Å². The molecule has 4 atom stereocenters. The lowest BCUT2D eigenvalue weighted by Crippen LogP contribution is -2.50. The number of carbonyl (C=O) groups is 1. The second-order valence-corrected chi connectivity index (χ2v) is 8.23. The van der Waals surface area contributed by atoms with Crippen LogP contribution in [0.5, 0.6) is 0 Å². The summed E-state index contributed by atoms with van der Waals surface area (Å²) in [6.07, 6.45) is 5.73. The normalized spacial score (nSPS) is 30.4. The van der Waals surface area contributed by atoms with Crippen LogP contribution in [0.4, 0.5) is 10.2 Å². The molecule has 144 valence electrons. The van der Waals surface area contributed by atoms with Gasteiger partial charge in [-0.05, 0) is 45.6 Å². The van der Waals surface area contributed by atoms with Gasteiger partial charge in [-0.1, -0.05) is 6.58 Å². The molecule has 6 nitrogen and oxygen atoms in total. The smallest absolute Gasteiger partial charge is 0.249 e. The first-order chi connectivity index (χ1) is 12.8. The van der Waals surface area contributed by atoms with Crippen LogP contribution in [0.1, 0.15) is 51.5 Å². The van der Waals surface area contributed by atoms with Gasteiger partial charge in [0.25, 0.3) is 0 Å². The summed E-state index contributed by atoms with van der Waals surface area (Å²) < 4.78 is 14.3. The van der Waals surface area contributed by atoms with Gasteiger partial charge in [-0.2, -0.15) is 0 Å². The van der Waals surface area contributed by atoms with E-state index in [0.717, 1.165) is 23.8 Å². The maximum atomic E-state index is 14.3. The van der Waals surface area contributed by atoms with Gasteiger partial charge in [-0.25, -0.2) is 14.4 Å². The number of halogens is 1. The Morgan fingerprint density at radius 1 is 1.44 bits per heavy atom. The van der Waals surface area contributed by atoms with E-state index in [4.69, 9.17) is 0 Å². The van der Waals surface area contributed by atoms with Crippen LogP contribution in [0, 0.1) is 0 Å². The summed E-state index contributed by atoms with van der Waals surface area (Å²) in [5, 5.41) is 4.35. The average Bonchev–Trinajstić information content (AvgIpc) is 3.05. The Morgan fingerprint density at radius 3 is 2.85 bits per heavy atom. The fourth-order valence-electron chi connectivity index (χ4n) is 4.09. The highest BCUT2D eigenvalue weighted by atomic mass is 19.1. The molecule has 1 aliphatic heterocycles. The Bertz CT molecular complexity index is 905. The van der Waals surface area contributed by atoms with E-state index in [9.17, 15) is 9.18 Å². The number of nitrogens with one attached hydrogen (secondary N) is 2. The molecule has 2 aliphatic rings. The molecular weight excluding hydrogens is 345 g/mol. The summed E-state index contributed by atoms with van der Waals surface area (Å²) >= 11 is 0. The lowest BCUT2D eigenvalue weighted by molar-refractivity contribution is -0.130. The van der Waals surface area contributed by atoms with Crippen molar-refractivity contribution in [1.29, 1.82) is 0 Å². The maximum absolute atomic E-state index is 14.3. The molecular formula is C20H26FN5O. The fourth-order valence-corrected chi connectivity index (χ4v) is 4.09. The molecule has 1 saturated carbocycles. The first kappa shape index (κ1) is 17.9. The largest absolute Gasteiger partial charge is 0.365 e. The van der Waals surface area contributed by atoms with E-state index in [-0.39, 0.29) is 23.9 Å². The molecule has 4 rings (SSSR count). The Morgan fingerprint density at radius 2 is 2.19 bits per heavy atom. The zero-order valence-electron chi connectivity index (χ0n) is 16.1. The van der Waals surface area contributed by atoms with E-state index in [2.05, 4.69) is 33.8 Å². The first-order valence-electron chi connectivity index (χ1n) is 9.52. The lowest BCUT2D eigenvalue weighted by Gasteiger charge is -2.38. The van der Waals surface area contributed by atoms with Crippen LogP contribution < -0.4 is 5.32 Å². The third-order valence-corrected chi connectivity index (χ3v) is 5.89. The number of rotatable bonds is 4. The number of H-pyrrole nitrogens is 1. The van der Waals surface area contributed by atoms with E-state index < -0.39 is 5.67 Å². The summed E-state index contributed by atoms with van der Waals surface area (Å²) in [4.78, 5) is 26.2. The Hall–Kier alpha value is -2.44. The number of hydrogen-bond donors (Lipinski definition) is 2. The van der Waals surface area contributed by atoms with E-state index in [1.807, 2.05) is 11.1 Å². The zero-order chi connectivity index (χ0) is 19.3. The number of nitrogens with zero attached hydrogens (tertiary/aromatic N) is 3. The Labute approximate surface area is 158 Å². The summed E-state index contributed by atoms with van der Waals surface area (Å²) in [5.74, 6) is 0.585. The SMILES string of the molecule is C=C(C)C(=O)N1CC(Nc2ncnc3[nH]cc([C@@H]4CC4(C)F)c23)CC[C@@H]1C. The van der Waals surface area contributed by atoms with Crippen LogP contribution in [-0.4, -0.2) is 50.1 Å². The third kappa shape index (κ3) is 3.19. The summed E-state index contributed by atoms with van der Waals surface area (Å²) in [5.41, 5.74) is 1.03. The van der Waals surface area contributed by atoms with Crippen LogP contribution in [0.2, 0.25) is 0 Å². The third-order valence-electron chi connectivity index (χ3n) is 5.89. The minimum absolute atomic E-state index is 0.00431. The second-order valence-electron chi connectivity index (χ2n) is 8.23. The predicted molar refractivity (Wildman–Crippen MR) is 103 cm³/mol. The minimum Gasteiger partial charge on any atom is -0.365 e. The van der Waals surface area contributed by atoms with Crippen LogP contribution >= 0.6 is 0 Å². The molecule has 2 aromatic rings.